The Bertz CT molecular complexity index is 1140. The molecule has 1 aromatic heterocycles. The molecule has 5 rings (SSSR count). The van der Waals surface area contributed by atoms with Crippen LogP contribution < -0.4 is 10.2 Å². The maximum absolute atomic E-state index is 13.4. The van der Waals surface area contributed by atoms with E-state index in [1.807, 2.05) is 37.4 Å². The van der Waals surface area contributed by atoms with Gasteiger partial charge in [-0.05, 0) is 67.6 Å². The van der Waals surface area contributed by atoms with E-state index in [0.29, 0.717) is 30.5 Å². The molecule has 0 saturated heterocycles. The molecule has 0 bridgehead atoms. The summed E-state index contributed by atoms with van der Waals surface area (Å²) in [5, 5.41) is 12.9. The van der Waals surface area contributed by atoms with Crippen LogP contribution in [0.5, 0.6) is 0 Å². The lowest BCUT2D eigenvalue weighted by Crippen LogP contribution is -2.42. The van der Waals surface area contributed by atoms with Gasteiger partial charge in [-0.15, -0.1) is 0 Å². The smallest absolute Gasteiger partial charge is 0.314 e. The number of aliphatic carboxylic acids is 1. The van der Waals surface area contributed by atoms with Crippen LogP contribution in [0.25, 0.3) is 11.3 Å². The third kappa shape index (κ3) is 3.79. The van der Waals surface area contributed by atoms with Crippen molar-refractivity contribution in [1.82, 2.24) is 9.97 Å². The van der Waals surface area contributed by atoms with Gasteiger partial charge in [-0.2, -0.15) is 4.98 Å². The summed E-state index contributed by atoms with van der Waals surface area (Å²) < 4.78 is 13.4. The fourth-order valence-electron chi connectivity index (χ4n) is 4.25. The molecule has 0 aliphatic heterocycles. The van der Waals surface area contributed by atoms with E-state index in [1.165, 1.54) is 12.1 Å². The van der Waals surface area contributed by atoms with Crippen LogP contribution in [0.1, 0.15) is 37.7 Å². The highest BCUT2D eigenvalue weighted by Crippen LogP contribution is 2.44. The van der Waals surface area contributed by atoms with Gasteiger partial charge in [0.15, 0.2) is 0 Å². The van der Waals surface area contributed by atoms with Gasteiger partial charge in [0.25, 0.3) is 0 Å². The number of carboxylic acids is 1. The van der Waals surface area contributed by atoms with Crippen LogP contribution in [0.4, 0.5) is 21.8 Å². The Hall–Kier alpha value is -3.48. The Morgan fingerprint density at radius 1 is 1.09 bits per heavy atom. The van der Waals surface area contributed by atoms with Gasteiger partial charge in [-0.3, -0.25) is 4.79 Å². The predicted molar refractivity (Wildman–Crippen MR) is 122 cm³/mol. The van der Waals surface area contributed by atoms with Crippen molar-refractivity contribution in [2.45, 2.75) is 43.6 Å². The fourth-order valence-corrected chi connectivity index (χ4v) is 4.25. The Morgan fingerprint density at radius 3 is 2.34 bits per heavy atom. The van der Waals surface area contributed by atoms with Gasteiger partial charge in [0, 0.05) is 30.4 Å². The van der Waals surface area contributed by atoms with Crippen LogP contribution in [0.3, 0.4) is 0 Å². The van der Waals surface area contributed by atoms with E-state index in [9.17, 15) is 14.3 Å². The second-order valence-electron chi connectivity index (χ2n) is 8.73. The number of nitrogens with one attached hydrogen (secondary N) is 1. The predicted octanol–water partition coefficient (Wildman–Crippen LogP) is 5.13. The number of nitrogens with zero attached hydrogens (tertiary/aromatic N) is 3. The molecule has 2 aliphatic rings. The van der Waals surface area contributed by atoms with E-state index in [1.54, 1.807) is 12.1 Å². The molecule has 2 N–H and O–H groups in total. The van der Waals surface area contributed by atoms with Gasteiger partial charge < -0.3 is 15.3 Å². The Kier molecular flexibility index (Phi) is 5.04. The molecular weight excluding hydrogens is 407 g/mol. The number of hydrogen-bond donors (Lipinski definition) is 2. The lowest BCUT2D eigenvalue weighted by atomic mass is 9.64. The highest BCUT2D eigenvalue weighted by atomic mass is 19.1. The van der Waals surface area contributed by atoms with Crippen molar-refractivity contribution in [3.05, 3.63) is 66.0 Å². The number of carboxylic acid groups (broad SMARTS) is 1. The molecule has 1 heterocycles. The molecule has 32 heavy (non-hydrogen) atoms. The van der Waals surface area contributed by atoms with Crippen LogP contribution in [0.15, 0.2) is 54.6 Å². The summed E-state index contributed by atoms with van der Waals surface area (Å²) in [6.45, 7) is 0. The van der Waals surface area contributed by atoms with Gasteiger partial charge in [0.05, 0.1) is 11.1 Å². The van der Waals surface area contributed by atoms with Crippen LogP contribution in [0.2, 0.25) is 0 Å². The first-order chi connectivity index (χ1) is 15.4. The minimum atomic E-state index is -0.757. The summed E-state index contributed by atoms with van der Waals surface area (Å²) in [4.78, 5) is 23.3. The molecular formula is C25H25FN4O2. The van der Waals surface area contributed by atoms with Crippen molar-refractivity contribution in [3.63, 3.8) is 0 Å². The second kappa shape index (κ2) is 7.89. The molecule has 6 nitrogen and oxygen atoms in total. The summed E-state index contributed by atoms with van der Waals surface area (Å²) in [5.74, 6) is 0.202. The van der Waals surface area contributed by atoms with Gasteiger partial charge in [0.1, 0.15) is 11.6 Å². The number of benzene rings is 2. The third-order valence-corrected chi connectivity index (χ3v) is 6.62. The maximum Gasteiger partial charge on any atom is 0.314 e. The van der Waals surface area contributed by atoms with E-state index in [-0.39, 0.29) is 5.82 Å². The number of halogens is 1. The average Bonchev–Trinajstić information content (AvgIpc) is 3.59. The SMILES string of the molecule is CN(c1cc(-c2ccc(F)cc2)nc(Nc2ccc(C3(C(=O)O)CCC3)cc2)n1)C1CC1. The molecule has 2 aromatic carbocycles. The lowest BCUT2D eigenvalue weighted by Gasteiger charge is -2.38. The lowest BCUT2D eigenvalue weighted by molar-refractivity contribution is -0.147. The number of anilines is 3. The van der Waals surface area contributed by atoms with Crippen LogP contribution in [-0.4, -0.2) is 34.1 Å². The normalized spacial score (nSPS) is 16.8. The van der Waals surface area contributed by atoms with Crippen molar-refractivity contribution in [2.75, 3.05) is 17.3 Å². The summed E-state index contributed by atoms with van der Waals surface area (Å²) in [5.41, 5.74) is 2.38. The Morgan fingerprint density at radius 2 is 1.78 bits per heavy atom. The molecule has 2 saturated carbocycles. The number of rotatable bonds is 7. The van der Waals surface area contributed by atoms with Crippen molar-refractivity contribution in [1.29, 1.82) is 0 Å². The van der Waals surface area contributed by atoms with Crippen LogP contribution in [-0.2, 0) is 10.2 Å². The summed E-state index contributed by atoms with van der Waals surface area (Å²) >= 11 is 0. The molecule has 164 valence electrons. The van der Waals surface area contributed by atoms with Crippen LogP contribution in [0, 0.1) is 5.82 Å². The zero-order chi connectivity index (χ0) is 22.3. The highest BCUT2D eigenvalue weighted by molar-refractivity contribution is 5.82. The van der Waals surface area contributed by atoms with Crippen molar-refractivity contribution in [2.24, 2.45) is 0 Å². The topological polar surface area (TPSA) is 78.4 Å². The standard InChI is InChI=1S/C25H25FN4O2/c1-30(20-11-12-20)22-15-21(16-3-7-18(26)8-4-16)28-24(29-22)27-19-9-5-17(6-10-19)25(23(31)32)13-2-14-25/h3-10,15,20H,2,11-14H2,1H3,(H,31,32)(H,27,28,29). The number of carbonyl (C=O) groups is 1. The summed E-state index contributed by atoms with van der Waals surface area (Å²) in [6, 6.07) is 16.2. The van der Waals surface area contributed by atoms with E-state index < -0.39 is 11.4 Å². The maximum atomic E-state index is 13.4. The first-order valence-corrected chi connectivity index (χ1v) is 10.9. The van der Waals surface area contributed by atoms with E-state index in [2.05, 4.69) is 15.2 Å². The molecule has 0 unspecified atom stereocenters. The fraction of sp³-hybridized carbons (Fsp3) is 0.320. The largest absolute Gasteiger partial charge is 0.481 e. The minimum Gasteiger partial charge on any atom is -0.481 e. The van der Waals surface area contributed by atoms with Crippen molar-refractivity contribution in [3.8, 4) is 11.3 Å². The van der Waals surface area contributed by atoms with E-state index >= 15 is 0 Å². The van der Waals surface area contributed by atoms with Crippen molar-refractivity contribution >= 4 is 23.4 Å². The molecule has 2 aliphatic carbocycles. The second-order valence-corrected chi connectivity index (χ2v) is 8.73. The Labute approximate surface area is 186 Å². The highest BCUT2D eigenvalue weighted by Gasteiger charge is 2.45. The first kappa shape index (κ1) is 20.4. The molecule has 0 radical (unpaired) electrons. The molecule has 0 amide bonds. The van der Waals surface area contributed by atoms with E-state index in [4.69, 9.17) is 4.98 Å². The van der Waals surface area contributed by atoms with E-state index in [0.717, 1.165) is 41.9 Å². The van der Waals surface area contributed by atoms with Gasteiger partial charge in [-0.25, -0.2) is 9.37 Å². The Balaban J connectivity index is 1.44. The molecule has 3 aromatic rings. The summed E-state index contributed by atoms with van der Waals surface area (Å²) in [6.07, 6.45) is 4.57. The molecule has 0 atom stereocenters. The van der Waals surface area contributed by atoms with Gasteiger partial charge >= 0.3 is 5.97 Å². The van der Waals surface area contributed by atoms with Crippen LogP contribution >= 0.6 is 0 Å². The molecule has 7 heteroatoms. The average molecular weight is 432 g/mol. The zero-order valence-electron chi connectivity index (χ0n) is 17.9. The van der Waals surface area contributed by atoms with Gasteiger partial charge in [0.2, 0.25) is 5.95 Å². The van der Waals surface area contributed by atoms with Gasteiger partial charge in [-0.1, -0.05) is 18.6 Å². The monoisotopic (exact) mass is 432 g/mol. The molecule has 0 spiro atoms. The number of hydrogen-bond acceptors (Lipinski definition) is 5. The number of aromatic nitrogens is 2. The summed E-state index contributed by atoms with van der Waals surface area (Å²) in [7, 11) is 2.02. The third-order valence-electron chi connectivity index (χ3n) is 6.62. The first-order valence-electron chi connectivity index (χ1n) is 10.9. The minimum absolute atomic E-state index is 0.290. The quantitative estimate of drug-likeness (QED) is 0.539. The van der Waals surface area contributed by atoms with Crippen molar-refractivity contribution < 1.29 is 14.3 Å². The molecule has 2 fully saturated rings. The zero-order valence-corrected chi connectivity index (χ0v) is 17.9.